The fraction of sp³-hybridized carbons (Fsp3) is 0.231. The number of nitrogens with two attached hydrogens (primary N) is 1. The van der Waals surface area contributed by atoms with E-state index in [1.807, 2.05) is 24.3 Å². The van der Waals surface area contributed by atoms with Crippen LogP contribution in [-0.2, 0) is 14.8 Å². The van der Waals surface area contributed by atoms with Gasteiger partial charge in [-0.2, -0.15) is 0 Å². The standard InChI is InChI=1S/C13H13N3O3S/c14-20(18,19)10-7-12(17)16(8-10)11-5-1-3-9-4-2-6-15-13(9)11/h1-6,10H,7-8H2,(H2,14,18,19). The first kappa shape index (κ1) is 13.0. The molecule has 20 heavy (non-hydrogen) atoms. The molecule has 1 aliphatic rings. The third-order valence-corrected chi connectivity index (χ3v) is 4.70. The highest BCUT2D eigenvalue weighted by molar-refractivity contribution is 7.89. The molecule has 2 heterocycles. The maximum atomic E-state index is 12.1. The van der Waals surface area contributed by atoms with E-state index in [-0.39, 0.29) is 18.9 Å². The Hall–Kier alpha value is -1.99. The smallest absolute Gasteiger partial charge is 0.228 e. The van der Waals surface area contributed by atoms with Crippen molar-refractivity contribution < 1.29 is 13.2 Å². The molecule has 1 fully saturated rings. The molecular formula is C13H13N3O3S. The number of sulfonamides is 1. The maximum Gasteiger partial charge on any atom is 0.228 e. The van der Waals surface area contributed by atoms with Gasteiger partial charge in [0.2, 0.25) is 15.9 Å². The first-order chi connectivity index (χ1) is 9.47. The molecule has 0 saturated carbocycles. The van der Waals surface area contributed by atoms with E-state index in [1.54, 1.807) is 12.3 Å². The summed E-state index contributed by atoms with van der Waals surface area (Å²) >= 11 is 0. The lowest BCUT2D eigenvalue weighted by Crippen LogP contribution is -2.32. The van der Waals surface area contributed by atoms with Crippen molar-refractivity contribution in [3.8, 4) is 0 Å². The largest absolute Gasteiger partial charge is 0.309 e. The van der Waals surface area contributed by atoms with E-state index in [0.717, 1.165) is 5.39 Å². The van der Waals surface area contributed by atoms with Crippen LogP contribution < -0.4 is 10.0 Å². The number of hydrogen-bond donors (Lipinski definition) is 1. The average molecular weight is 291 g/mol. The van der Waals surface area contributed by atoms with Gasteiger partial charge in [-0.15, -0.1) is 0 Å². The van der Waals surface area contributed by atoms with Crippen molar-refractivity contribution in [1.29, 1.82) is 0 Å². The van der Waals surface area contributed by atoms with E-state index in [2.05, 4.69) is 4.98 Å². The molecule has 1 atom stereocenters. The van der Waals surface area contributed by atoms with E-state index in [0.29, 0.717) is 11.2 Å². The molecule has 1 saturated heterocycles. The Morgan fingerprint density at radius 1 is 1.25 bits per heavy atom. The Bertz CT molecular complexity index is 783. The van der Waals surface area contributed by atoms with Crippen LogP contribution in [0.5, 0.6) is 0 Å². The van der Waals surface area contributed by atoms with Gasteiger partial charge in [0.1, 0.15) is 5.25 Å². The van der Waals surface area contributed by atoms with Crippen molar-refractivity contribution >= 4 is 32.5 Å². The van der Waals surface area contributed by atoms with E-state index in [4.69, 9.17) is 5.14 Å². The van der Waals surface area contributed by atoms with E-state index in [1.165, 1.54) is 4.90 Å². The number of carbonyl (C=O) groups excluding carboxylic acids is 1. The summed E-state index contributed by atoms with van der Waals surface area (Å²) in [5.74, 6) is -0.248. The van der Waals surface area contributed by atoms with Crippen LogP contribution in [0, 0.1) is 0 Å². The number of benzene rings is 1. The molecule has 0 aliphatic carbocycles. The fourth-order valence-corrected chi connectivity index (χ4v) is 3.17. The van der Waals surface area contributed by atoms with Crippen molar-refractivity contribution in [2.75, 3.05) is 11.4 Å². The lowest BCUT2D eigenvalue weighted by atomic mass is 10.2. The SMILES string of the molecule is NS(=O)(=O)C1CC(=O)N(c2cccc3cccnc23)C1. The molecule has 1 aromatic heterocycles. The van der Waals surface area contributed by atoms with Crippen LogP contribution >= 0.6 is 0 Å². The number of nitrogens with zero attached hydrogens (tertiary/aromatic N) is 2. The summed E-state index contributed by atoms with van der Waals surface area (Å²) in [5, 5.41) is 5.18. The van der Waals surface area contributed by atoms with Crippen LogP contribution in [0.1, 0.15) is 6.42 Å². The topological polar surface area (TPSA) is 93.4 Å². The van der Waals surface area contributed by atoms with Gasteiger partial charge < -0.3 is 4.90 Å². The number of primary sulfonamides is 1. The van der Waals surface area contributed by atoms with Gasteiger partial charge in [0, 0.05) is 24.5 Å². The summed E-state index contributed by atoms with van der Waals surface area (Å²) in [6, 6.07) is 9.17. The first-order valence-electron chi connectivity index (χ1n) is 6.12. The summed E-state index contributed by atoms with van der Waals surface area (Å²) in [6.07, 6.45) is 1.56. The van der Waals surface area contributed by atoms with Crippen LogP contribution in [-0.4, -0.2) is 31.1 Å². The number of rotatable bonds is 2. The number of amides is 1. The molecule has 2 N–H and O–H groups in total. The second kappa shape index (κ2) is 4.53. The average Bonchev–Trinajstić information content (AvgIpc) is 2.80. The summed E-state index contributed by atoms with van der Waals surface area (Å²) in [5.41, 5.74) is 1.30. The second-order valence-electron chi connectivity index (χ2n) is 4.77. The Balaban J connectivity index is 2.06. The molecule has 1 unspecified atom stereocenters. The molecule has 0 bridgehead atoms. The van der Waals surface area contributed by atoms with Crippen LogP contribution in [0.2, 0.25) is 0 Å². The van der Waals surface area contributed by atoms with E-state index in [9.17, 15) is 13.2 Å². The molecule has 0 spiro atoms. The number of fused-ring (bicyclic) bond motifs is 1. The van der Waals surface area contributed by atoms with Gasteiger partial charge >= 0.3 is 0 Å². The summed E-state index contributed by atoms with van der Waals surface area (Å²) < 4.78 is 22.8. The summed E-state index contributed by atoms with van der Waals surface area (Å²) in [4.78, 5) is 17.8. The molecule has 6 nitrogen and oxygen atoms in total. The van der Waals surface area contributed by atoms with Crippen LogP contribution in [0.15, 0.2) is 36.5 Å². The molecule has 0 radical (unpaired) electrons. The van der Waals surface area contributed by atoms with Crippen LogP contribution in [0.3, 0.4) is 0 Å². The number of hydrogen-bond acceptors (Lipinski definition) is 4. The minimum atomic E-state index is -3.71. The third kappa shape index (κ3) is 2.14. The fourth-order valence-electron chi connectivity index (χ4n) is 2.43. The lowest BCUT2D eigenvalue weighted by Gasteiger charge is -2.17. The summed E-state index contributed by atoms with van der Waals surface area (Å²) in [6.45, 7) is 0.0767. The van der Waals surface area contributed by atoms with Crippen molar-refractivity contribution in [2.24, 2.45) is 5.14 Å². The quantitative estimate of drug-likeness (QED) is 0.878. The first-order valence-corrected chi connectivity index (χ1v) is 7.73. The van der Waals surface area contributed by atoms with Crippen molar-refractivity contribution in [2.45, 2.75) is 11.7 Å². The third-order valence-electron chi connectivity index (χ3n) is 3.46. The highest BCUT2D eigenvalue weighted by Gasteiger charge is 2.37. The van der Waals surface area contributed by atoms with Gasteiger partial charge in [-0.25, -0.2) is 13.6 Å². The Labute approximate surface area is 116 Å². The van der Waals surface area contributed by atoms with Gasteiger partial charge in [0.25, 0.3) is 0 Å². The van der Waals surface area contributed by atoms with E-state index >= 15 is 0 Å². The molecule has 3 rings (SSSR count). The number of para-hydroxylation sites is 1. The predicted octanol–water partition coefficient (Wildman–Crippen LogP) is 0.629. The molecule has 2 aromatic rings. The number of carbonyl (C=O) groups is 1. The predicted molar refractivity (Wildman–Crippen MR) is 75.6 cm³/mol. The van der Waals surface area contributed by atoms with Crippen molar-refractivity contribution in [3.63, 3.8) is 0 Å². The zero-order chi connectivity index (χ0) is 14.3. The number of aromatic nitrogens is 1. The lowest BCUT2D eigenvalue weighted by molar-refractivity contribution is -0.117. The molecular weight excluding hydrogens is 278 g/mol. The molecule has 1 aliphatic heterocycles. The monoisotopic (exact) mass is 291 g/mol. The van der Waals surface area contributed by atoms with Crippen molar-refractivity contribution in [1.82, 2.24) is 4.98 Å². The molecule has 1 aromatic carbocycles. The van der Waals surface area contributed by atoms with E-state index < -0.39 is 15.3 Å². The highest BCUT2D eigenvalue weighted by Crippen LogP contribution is 2.29. The van der Waals surface area contributed by atoms with Gasteiger partial charge in [0.05, 0.1) is 11.2 Å². The second-order valence-corrected chi connectivity index (χ2v) is 6.62. The van der Waals surface area contributed by atoms with Gasteiger partial charge in [0.15, 0.2) is 0 Å². The van der Waals surface area contributed by atoms with Gasteiger partial charge in [-0.05, 0) is 12.1 Å². The van der Waals surface area contributed by atoms with Crippen molar-refractivity contribution in [3.05, 3.63) is 36.5 Å². The minimum absolute atomic E-state index is 0.0767. The minimum Gasteiger partial charge on any atom is -0.309 e. The summed E-state index contributed by atoms with van der Waals surface area (Å²) in [7, 11) is -3.71. The Kier molecular flexibility index (Phi) is 2.95. The number of pyridine rings is 1. The van der Waals surface area contributed by atoms with Gasteiger partial charge in [-0.1, -0.05) is 18.2 Å². The van der Waals surface area contributed by atoms with Gasteiger partial charge in [-0.3, -0.25) is 9.78 Å². The zero-order valence-electron chi connectivity index (χ0n) is 10.6. The normalized spacial score (nSPS) is 19.8. The maximum absolute atomic E-state index is 12.1. The molecule has 1 amide bonds. The van der Waals surface area contributed by atoms with Crippen LogP contribution in [0.25, 0.3) is 10.9 Å². The Morgan fingerprint density at radius 2 is 2.00 bits per heavy atom. The molecule has 104 valence electrons. The van der Waals surface area contributed by atoms with Crippen LogP contribution in [0.4, 0.5) is 5.69 Å². The highest BCUT2D eigenvalue weighted by atomic mass is 32.2. The molecule has 7 heteroatoms. The zero-order valence-corrected chi connectivity index (χ0v) is 11.4. The number of anilines is 1. The Morgan fingerprint density at radius 3 is 2.70 bits per heavy atom.